The number of aryl methyl sites for hydroxylation is 1. The highest BCUT2D eigenvalue weighted by Crippen LogP contribution is 2.27. The first kappa shape index (κ1) is 17.5. The third-order valence-corrected chi connectivity index (χ3v) is 3.84. The molecule has 0 aliphatic rings. The lowest BCUT2D eigenvalue weighted by Gasteiger charge is -2.08. The van der Waals surface area contributed by atoms with Crippen LogP contribution in [0.3, 0.4) is 0 Å². The van der Waals surface area contributed by atoms with Crippen molar-refractivity contribution in [3.05, 3.63) is 47.4 Å². The van der Waals surface area contributed by atoms with Crippen LogP contribution in [0.4, 0.5) is 4.39 Å². The van der Waals surface area contributed by atoms with Crippen molar-refractivity contribution in [2.75, 3.05) is 13.7 Å². The smallest absolute Gasteiger partial charge is 0.307 e. The van der Waals surface area contributed by atoms with E-state index in [4.69, 9.17) is 4.52 Å². The molecule has 0 aliphatic heterocycles. The minimum absolute atomic E-state index is 0.0594. The van der Waals surface area contributed by atoms with E-state index in [1.807, 2.05) is 0 Å². The Morgan fingerprint density at radius 1 is 1.27 bits per heavy atom. The molecule has 0 spiro atoms. The maximum atomic E-state index is 13.1. The largest absolute Gasteiger partial charge is 0.469 e. The molecule has 134 valence electrons. The van der Waals surface area contributed by atoms with Crippen molar-refractivity contribution in [2.45, 2.75) is 13.3 Å². The third kappa shape index (κ3) is 3.53. The van der Waals surface area contributed by atoms with Gasteiger partial charge in [-0.05, 0) is 37.3 Å². The highest BCUT2D eigenvalue weighted by atomic mass is 19.1. The summed E-state index contributed by atoms with van der Waals surface area (Å²) in [4.78, 5) is 28.1. The predicted octanol–water partition coefficient (Wildman–Crippen LogP) is 2.63. The Morgan fingerprint density at radius 3 is 2.69 bits per heavy atom. The number of carbonyl (C=O) groups excluding carboxylic acids is 2. The van der Waals surface area contributed by atoms with Crippen molar-refractivity contribution in [3.63, 3.8) is 0 Å². The van der Waals surface area contributed by atoms with E-state index in [-0.39, 0.29) is 24.5 Å². The first-order valence-electron chi connectivity index (χ1n) is 7.87. The van der Waals surface area contributed by atoms with Crippen LogP contribution >= 0.6 is 0 Å². The van der Waals surface area contributed by atoms with Crippen LogP contribution in [-0.4, -0.2) is 35.7 Å². The second-order valence-electron chi connectivity index (χ2n) is 5.59. The molecular weight excluding hydrogens is 341 g/mol. The first-order chi connectivity index (χ1) is 12.5. The van der Waals surface area contributed by atoms with E-state index >= 15 is 0 Å². The summed E-state index contributed by atoms with van der Waals surface area (Å²) in [5, 5.41) is 7.01. The number of benzene rings is 1. The zero-order valence-electron chi connectivity index (χ0n) is 14.2. The van der Waals surface area contributed by atoms with E-state index in [0.717, 1.165) is 0 Å². The fraction of sp³-hybridized carbons (Fsp3) is 0.222. The normalized spacial score (nSPS) is 10.7. The van der Waals surface area contributed by atoms with Gasteiger partial charge in [0.05, 0.1) is 35.9 Å². The fourth-order valence-corrected chi connectivity index (χ4v) is 2.52. The summed E-state index contributed by atoms with van der Waals surface area (Å²) in [6, 6.07) is 7.33. The molecule has 1 N–H and O–H groups in total. The number of aromatic nitrogens is 2. The first-order valence-corrected chi connectivity index (χ1v) is 7.87. The predicted molar refractivity (Wildman–Crippen MR) is 90.9 cm³/mol. The number of nitrogens with zero attached hydrogens (tertiary/aromatic N) is 2. The summed E-state index contributed by atoms with van der Waals surface area (Å²) >= 11 is 0. The molecule has 3 aromatic rings. The Bertz CT molecular complexity index is 966. The second kappa shape index (κ2) is 7.30. The number of hydrogen-bond donors (Lipinski definition) is 1. The Labute approximate surface area is 148 Å². The van der Waals surface area contributed by atoms with Gasteiger partial charge in [0.25, 0.3) is 11.6 Å². The number of fused-ring (bicyclic) bond motifs is 1. The number of hydrogen-bond acceptors (Lipinski definition) is 6. The van der Waals surface area contributed by atoms with Gasteiger partial charge in [0, 0.05) is 12.1 Å². The average Bonchev–Trinajstić information content (AvgIpc) is 3.02. The summed E-state index contributed by atoms with van der Waals surface area (Å²) < 4.78 is 22.9. The molecule has 26 heavy (non-hydrogen) atoms. The Morgan fingerprint density at radius 2 is 2.00 bits per heavy atom. The monoisotopic (exact) mass is 357 g/mol. The minimum atomic E-state index is -0.418. The van der Waals surface area contributed by atoms with Gasteiger partial charge in [-0.1, -0.05) is 5.16 Å². The molecule has 3 rings (SSSR count). The van der Waals surface area contributed by atoms with Crippen molar-refractivity contribution < 1.29 is 23.2 Å². The maximum absolute atomic E-state index is 13.1. The quantitative estimate of drug-likeness (QED) is 0.706. The molecule has 8 heteroatoms. The molecule has 1 aromatic carbocycles. The molecule has 0 saturated heterocycles. The molecule has 0 bridgehead atoms. The van der Waals surface area contributed by atoms with E-state index in [1.165, 1.54) is 19.2 Å². The van der Waals surface area contributed by atoms with E-state index in [2.05, 4.69) is 20.2 Å². The summed E-state index contributed by atoms with van der Waals surface area (Å²) in [5.41, 5.74) is 2.13. The van der Waals surface area contributed by atoms with Crippen LogP contribution in [0.15, 0.2) is 34.9 Å². The standard InChI is InChI=1S/C18H16FN3O4/c1-10-16-13(17(24)20-8-7-15(23)25-2)9-14(21-18(16)26-22-10)11-3-5-12(19)6-4-11/h3-6,9H,7-8H2,1-2H3,(H,20,24). The van der Waals surface area contributed by atoms with E-state index in [1.54, 1.807) is 25.1 Å². The van der Waals surface area contributed by atoms with Gasteiger partial charge in [0.15, 0.2) is 0 Å². The molecular formula is C18H16FN3O4. The van der Waals surface area contributed by atoms with Crippen LogP contribution in [0.25, 0.3) is 22.4 Å². The lowest BCUT2D eigenvalue weighted by atomic mass is 10.0. The van der Waals surface area contributed by atoms with Crippen molar-refractivity contribution in [2.24, 2.45) is 0 Å². The van der Waals surface area contributed by atoms with Gasteiger partial charge in [-0.15, -0.1) is 0 Å². The molecule has 0 aliphatic carbocycles. The molecule has 7 nitrogen and oxygen atoms in total. The zero-order valence-corrected chi connectivity index (χ0v) is 14.2. The van der Waals surface area contributed by atoms with Crippen molar-refractivity contribution in [1.29, 1.82) is 0 Å². The number of ether oxygens (including phenoxy) is 1. The highest BCUT2D eigenvalue weighted by molar-refractivity contribution is 6.07. The van der Waals surface area contributed by atoms with Crippen LogP contribution in [-0.2, 0) is 9.53 Å². The molecule has 2 aromatic heterocycles. The number of rotatable bonds is 5. The van der Waals surface area contributed by atoms with E-state index in [0.29, 0.717) is 27.9 Å². The lowest BCUT2D eigenvalue weighted by molar-refractivity contribution is -0.140. The second-order valence-corrected chi connectivity index (χ2v) is 5.59. The van der Waals surface area contributed by atoms with E-state index < -0.39 is 11.9 Å². The molecule has 1 amide bonds. The Hall–Kier alpha value is -3.29. The van der Waals surface area contributed by atoms with Gasteiger partial charge < -0.3 is 14.6 Å². The minimum Gasteiger partial charge on any atom is -0.469 e. The summed E-state index contributed by atoms with van der Waals surface area (Å²) in [6.45, 7) is 1.84. The van der Waals surface area contributed by atoms with Gasteiger partial charge in [-0.25, -0.2) is 9.37 Å². The Balaban J connectivity index is 1.97. The maximum Gasteiger partial charge on any atom is 0.307 e. The van der Waals surface area contributed by atoms with Crippen LogP contribution in [0.2, 0.25) is 0 Å². The van der Waals surface area contributed by atoms with Gasteiger partial charge in [0.2, 0.25) is 0 Å². The number of esters is 1. The third-order valence-electron chi connectivity index (χ3n) is 3.84. The fourth-order valence-electron chi connectivity index (χ4n) is 2.52. The SMILES string of the molecule is COC(=O)CCNC(=O)c1cc(-c2ccc(F)cc2)nc2onc(C)c12. The van der Waals surface area contributed by atoms with Crippen molar-refractivity contribution in [1.82, 2.24) is 15.5 Å². The van der Waals surface area contributed by atoms with E-state index in [9.17, 15) is 14.0 Å². The lowest BCUT2D eigenvalue weighted by Crippen LogP contribution is -2.26. The topological polar surface area (TPSA) is 94.3 Å². The molecule has 0 atom stereocenters. The van der Waals surface area contributed by atoms with Crippen LogP contribution in [0.5, 0.6) is 0 Å². The number of pyridine rings is 1. The van der Waals surface area contributed by atoms with Crippen LogP contribution in [0.1, 0.15) is 22.5 Å². The number of methoxy groups -OCH3 is 1. The van der Waals surface area contributed by atoms with Crippen molar-refractivity contribution in [3.8, 4) is 11.3 Å². The average molecular weight is 357 g/mol. The zero-order chi connectivity index (χ0) is 18.7. The number of carbonyl (C=O) groups is 2. The molecule has 0 fully saturated rings. The summed E-state index contributed by atoms with van der Waals surface area (Å²) in [6.07, 6.45) is 0.0594. The van der Waals surface area contributed by atoms with Crippen molar-refractivity contribution >= 4 is 23.0 Å². The number of amides is 1. The van der Waals surface area contributed by atoms with Gasteiger partial charge >= 0.3 is 5.97 Å². The molecule has 0 radical (unpaired) electrons. The molecule has 2 heterocycles. The van der Waals surface area contributed by atoms with Gasteiger partial charge in [-0.2, -0.15) is 0 Å². The highest BCUT2D eigenvalue weighted by Gasteiger charge is 2.19. The number of halogens is 1. The van der Waals surface area contributed by atoms with Crippen LogP contribution in [0, 0.1) is 12.7 Å². The van der Waals surface area contributed by atoms with Gasteiger partial charge in [0.1, 0.15) is 5.82 Å². The molecule has 0 saturated carbocycles. The Kier molecular flexibility index (Phi) is 4.92. The molecule has 0 unspecified atom stereocenters. The summed E-state index contributed by atoms with van der Waals surface area (Å²) in [7, 11) is 1.28. The number of nitrogens with one attached hydrogen (secondary N) is 1. The summed E-state index contributed by atoms with van der Waals surface area (Å²) in [5.74, 6) is -1.18. The van der Waals surface area contributed by atoms with Crippen LogP contribution < -0.4 is 5.32 Å². The van der Waals surface area contributed by atoms with Gasteiger partial charge in [-0.3, -0.25) is 9.59 Å².